The van der Waals surface area contributed by atoms with E-state index >= 15 is 0 Å². The molecule has 6 nitrogen and oxygen atoms in total. The van der Waals surface area contributed by atoms with Gasteiger partial charge < -0.3 is 20.2 Å². The normalized spacial score (nSPS) is 11.3. The largest absolute Gasteiger partial charge is 0.573 e. The number of ether oxygens (including phenoxy) is 1. The second kappa shape index (κ2) is 9.93. The van der Waals surface area contributed by atoms with E-state index in [1.165, 1.54) is 29.4 Å². The number of rotatable bonds is 7. The highest BCUT2D eigenvalue weighted by Crippen LogP contribution is 2.28. The summed E-state index contributed by atoms with van der Waals surface area (Å²) in [6.45, 7) is 1.11. The summed E-state index contributed by atoms with van der Waals surface area (Å²) in [6.07, 6.45) is -3.33. The summed E-state index contributed by atoms with van der Waals surface area (Å²) < 4.78 is 46.4. The molecule has 0 aliphatic heterocycles. The van der Waals surface area contributed by atoms with Gasteiger partial charge in [-0.1, -0.05) is 19.6 Å². The highest BCUT2D eigenvalue weighted by Gasteiger charge is 2.31. The number of thiocarbonyl (C=S) groups is 1. The second-order valence-electron chi connectivity index (χ2n) is 5.09. The molecule has 0 spiro atoms. The monoisotopic (exact) mass is 402 g/mol. The van der Waals surface area contributed by atoms with Crippen LogP contribution in [0.1, 0.15) is 13.2 Å². The Labute approximate surface area is 160 Å². The van der Waals surface area contributed by atoms with E-state index < -0.39 is 6.36 Å². The van der Waals surface area contributed by atoms with Gasteiger partial charge in [0.25, 0.3) is 0 Å². The molecule has 0 radical (unpaired) electrons. The van der Waals surface area contributed by atoms with Crippen LogP contribution in [0.4, 0.5) is 13.2 Å². The topological polar surface area (TPSA) is 76.0 Å². The molecule has 0 aliphatic carbocycles. The molecule has 0 unspecified atom stereocenters. The number of hydrazone groups is 1. The molecule has 0 fully saturated rings. The van der Waals surface area contributed by atoms with E-state index in [9.17, 15) is 13.2 Å². The molecule has 0 saturated carbocycles. The fourth-order valence-corrected chi connectivity index (χ4v) is 2.13. The zero-order valence-electron chi connectivity index (χ0n) is 13.8. The number of alkyl halides is 3. The predicted molar refractivity (Wildman–Crippen MR) is 103 cm³/mol. The van der Waals surface area contributed by atoms with Gasteiger partial charge in [-0.2, -0.15) is 5.10 Å². The summed E-state index contributed by atoms with van der Waals surface area (Å²) in [5.74, 6) is 0.442. The Kier molecular flexibility index (Phi) is 8.26. The van der Waals surface area contributed by atoms with Gasteiger partial charge in [-0.15, -0.1) is 13.2 Å². The molecule has 2 aromatic rings. The van der Waals surface area contributed by atoms with Gasteiger partial charge in [0.2, 0.25) is 0 Å². The minimum absolute atomic E-state index is 0. The van der Waals surface area contributed by atoms with E-state index in [1.807, 2.05) is 0 Å². The number of nitrogens with zero attached hydrogens (tertiary/aromatic N) is 2. The predicted octanol–water partition coefficient (Wildman–Crippen LogP) is 3.58. The van der Waals surface area contributed by atoms with Crippen LogP contribution in [-0.2, 0) is 0 Å². The van der Waals surface area contributed by atoms with Crippen LogP contribution in [0.3, 0.4) is 0 Å². The number of halogens is 3. The molecule has 1 aromatic heterocycles. The van der Waals surface area contributed by atoms with Gasteiger partial charge in [-0.05, 0) is 43.5 Å². The van der Waals surface area contributed by atoms with Gasteiger partial charge in [0.1, 0.15) is 17.3 Å². The first-order chi connectivity index (χ1) is 12.3. The maximum Gasteiger partial charge on any atom is 0.573 e. The van der Waals surface area contributed by atoms with Crippen LogP contribution in [0.25, 0.3) is 11.3 Å². The lowest BCUT2D eigenvalue weighted by molar-refractivity contribution is -0.274. The maximum atomic E-state index is 12.3. The van der Waals surface area contributed by atoms with Crippen LogP contribution in [0.2, 0.25) is 0 Å². The van der Waals surface area contributed by atoms with Crippen molar-refractivity contribution in [1.82, 2.24) is 10.3 Å². The molecule has 0 amide bonds. The molecule has 0 atom stereocenters. The maximum absolute atomic E-state index is 12.3. The zero-order valence-corrected chi connectivity index (χ0v) is 14.6. The molecular formula is C17H21F3N4O2S. The lowest BCUT2D eigenvalue weighted by Gasteiger charge is -2.15. The molecule has 1 heterocycles. The van der Waals surface area contributed by atoms with Crippen LogP contribution < -0.4 is 15.8 Å². The smallest absolute Gasteiger partial charge is 0.455 e. The number of benzene rings is 1. The Balaban J connectivity index is 0.00000364. The first kappa shape index (κ1) is 22.5. The van der Waals surface area contributed by atoms with Crippen molar-refractivity contribution in [3.8, 4) is 17.1 Å². The number of likely N-dealkylation sites (N-methyl/N-ethyl adjacent to an activating group) is 1. The lowest BCUT2D eigenvalue weighted by atomic mass is 10.2. The summed E-state index contributed by atoms with van der Waals surface area (Å²) in [6, 6.07) is 8.75. The van der Waals surface area contributed by atoms with Crippen molar-refractivity contribution >= 4 is 23.5 Å². The average molecular weight is 402 g/mol. The Morgan fingerprint density at radius 1 is 1.37 bits per heavy atom. The van der Waals surface area contributed by atoms with Crippen molar-refractivity contribution in [2.45, 2.75) is 13.8 Å². The summed E-state index contributed by atoms with van der Waals surface area (Å²) in [5.41, 5.74) is 6.02. The van der Waals surface area contributed by atoms with E-state index in [2.05, 4.69) is 15.2 Å². The summed E-state index contributed by atoms with van der Waals surface area (Å²) in [7, 11) is 1.79. The van der Waals surface area contributed by atoms with E-state index in [-0.39, 0.29) is 18.3 Å². The van der Waals surface area contributed by atoms with Crippen LogP contribution in [0.5, 0.6) is 5.75 Å². The van der Waals surface area contributed by atoms with E-state index in [4.69, 9.17) is 22.4 Å². The second-order valence-corrected chi connectivity index (χ2v) is 5.51. The highest BCUT2D eigenvalue weighted by atomic mass is 32.1. The van der Waals surface area contributed by atoms with Gasteiger partial charge in [-0.3, -0.25) is 0 Å². The van der Waals surface area contributed by atoms with E-state index in [0.29, 0.717) is 30.2 Å². The number of hydrogen-bond acceptors (Lipinski definition) is 5. The van der Waals surface area contributed by atoms with Gasteiger partial charge in [0, 0.05) is 12.1 Å². The highest BCUT2D eigenvalue weighted by molar-refractivity contribution is 7.80. The quantitative estimate of drug-likeness (QED) is 0.419. The fourth-order valence-electron chi connectivity index (χ4n) is 1.99. The molecule has 0 saturated heterocycles. The van der Waals surface area contributed by atoms with Crippen molar-refractivity contribution < 1.29 is 22.3 Å². The third-order valence-corrected chi connectivity index (χ3v) is 3.34. The molecule has 148 valence electrons. The summed E-state index contributed by atoms with van der Waals surface area (Å²) in [5, 5.41) is 8.62. The number of nitrogens with one attached hydrogen (secondary N) is 1. The molecule has 27 heavy (non-hydrogen) atoms. The van der Waals surface area contributed by atoms with Crippen molar-refractivity contribution in [2.24, 2.45) is 10.8 Å². The van der Waals surface area contributed by atoms with Crippen molar-refractivity contribution in [1.29, 1.82) is 0 Å². The summed E-state index contributed by atoms with van der Waals surface area (Å²) >= 11 is 4.91. The molecular weight excluding hydrogens is 381 g/mol. The summed E-state index contributed by atoms with van der Waals surface area (Å²) in [4.78, 5) is 0. The van der Waals surface area contributed by atoms with E-state index in [1.54, 1.807) is 25.2 Å². The third-order valence-electron chi connectivity index (χ3n) is 3.13. The van der Waals surface area contributed by atoms with Crippen molar-refractivity contribution in [3.63, 3.8) is 0 Å². The SMILES string of the molecule is C.CNCCN(/N=C/c1ccc(-c2cccc(OC(F)(F)F)c2)o1)C(N)=S. The lowest BCUT2D eigenvalue weighted by Crippen LogP contribution is -2.35. The van der Waals surface area contributed by atoms with Gasteiger partial charge in [0.15, 0.2) is 5.11 Å². The molecule has 0 bridgehead atoms. The fraction of sp³-hybridized carbons (Fsp3) is 0.294. The molecule has 0 aliphatic rings. The van der Waals surface area contributed by atoms with Crippen molar-refractivity contribution in [2.75, 3.05) is 20.1 Å². The van der Waals surface area contributed by atoms with Crippen LogP contribution in [-0.4, -0.2) is 42.8 Å². The average Bonchev–Trinajstić information content (AvgIpc) is 3.02. The Hall–Kier alpha value is -2.59. The van der Waals surface area contributed by atoms with E-state index in [0.717, 1.165) is 0 Å². The molecule has 2 rings (SSSR count). The van der Waals surface area contributed by atoms with Gasteiger partial charge >= 0.3 is 6.36 Å². The van der Waals surface area contributed by atoms with Crippen LogP contribution >= 0.6 is 12.2 Å². The first-order valence-corrected chi connectivity index (χ1v) is 7.91. The number of nitrogens with two attached hydrogens (primary N) is 1. The third kappa shape index (κ3) is 7.27. The van der Waals surface area contributed by atoms with Gasteiger partial charge in [0.05, 0.1) is 12.8 Å². The van der Waals surface area contributed by atoms with Crippen molar-refractivity contribution in [3.05, 3.63) is 42.2 Å². The van der Waals surface area contributed by atoms with Crippen LogP contribution in [0.15, 0.2) is 45.9 Å². The Morgan fingerprint density at radius 3 is 2.74 bits per heavy atom. The number of hydrogen-bond donors (Lipinski definition) is 2. The van der Waals surface area contributed by atoms with Crippen LogP contribution in [0, 0.1) is 0 Å². The standard InChI is InChI=1S/C16H17F3N4O2S.CH4/c1-21-7-8-23(15(20)26)22-10-13-5-6-14(24-13)11-3-2-4-12(9-11)25-16(17,18)19;/h2-6,9-10,21H,7-8H2,1H3,(H2,20,26);1H4/b22-10+;. The minimum atomic E-state index is -4.75. The Morgan fingerprint density at radius 2 is 2.11 bits per heavy atom. The molecule has 10 heteroatoms. The zero-order chi connectivity index (χ0) is 19.2. The Bertz CT molecular complexity index is 778. The minimum Gasteiger partial charge on any atom is -0.455 e. The molecule has 3 N–H and O–H groups in total. The molecule has 1 aromatic carbocycles. The number of furan rings is 1. The van der Waals surface area contributed by atoms with Gasteiger partial charge in [-0.25, -0.2) is 5.01 Å². The first-order valence-electron chi connectivity index (χ1n) is 7.50.